The number of carbonyl (C=O) groups excluding carboxylic acids is 1. The molecular formula is C16H16ClFN2O. The second-order valence-corrected chi connectivity index (χ2v) is 5.17. The molecule has 1 amide bonds. The number of anilines is 1. The largest absolute Gasteiger partial charge is 0.325 e. The monoisotopic (exact) mass is 306 g/mol. The van der Waals surface area contributed by atoms with Crippen LogP contribution in [0.5, 0.6) is 0 Å². The third-order valence-electron chi connectivity index (χ3n) is 3.00. The van der Waals surface area contributed by atoms with Crippen LogP contribution in [0.3, 0.4) is 0 Å². The van der Waals surface area contributed by atoms with Crippen molar-refractivity contribution in [1.82, 2.24) is 5.32 Å². The van der Waals surface area contributed by atoms with E-state index in [0.29, 0.717) is 17.3 Å². The topological polar surface area (TPSA) is 41.1 Å². The Hall–Kier alpha value is -1.91. The molecule has 0 heterocycles. The number of carbonyl (C=O) groups is 1. The van der Waals surface area contributed by atoms with Crippen LogP contribution in [0.4, 0.5) is 10.1 Å². The van der Waals surface area contributed by atoms with Crippen LogP contribution >= 0.6 is 11.6 Å². The maximum Gasteiger partial charge on any atom is 0.238 e. The normalized spacial score (nSPS) is 10.4. The highest BCUT2D eigenvalue weighted by atomic mass is 35.5. The number of hydrogen-bond acceptors (Lipinski definition) is 2. The molecule has 3 nitrogen and oxygen atoms in total. The molecule has 0 aliphatic rings. The van der Waals surface area contributed by atoms with E-state index >= 15 is 0 Å². The first-order valence-corrected chi connectivity index (χ1v) is 6.93. The minimum absolute atomic E-state index is 0.150. The van der Waals surface area contributed by atoms with Gasteiger partial charge >= 0.3 is 0 Å². The van der Waals surface area contributed by atoms with Crippen LogP contribution in [0.1, 0.15) is 11.1 Å². The summed E-state index contributed by atoms with van der Waals surface area (Å²) in [6, 6.07) is 11.5. The Kier molecular flexibility index (Phi) is 5.31. The highest BCUT2D eigenvalue weighted by Crippen LogP contribution is 2.19. The lowest BCUT2D eigenvalue weighted by Crippen LogP contribution is -2.28. The van der Waals surface area contributed by atoms with E-state index in [1.54, 1.807) is 24.3 Å². The number of halogens is 2. The molecule has 2 N–H and O–H groups in total. The molecule has 0 saturated carbocycles. The van der Waals surface area contributed by atoms with Gasteiger partial charge in [0, 0.05) is 17.3 Å². The molecule has 110 valence electrons. The standard InChI is InChI=1S/C16H16ClFN2O/c1-11-2-5-13(17)8-15(11)20-16(21)10-19-9-12-3-6-14(18)7-4-12/h2-8,19H,9-10H2,1H3,(H,20,21). The fraction of sp³-hybridized carbons (Fsp3) is 0.188. The zero-order valence-corrected chi connectivity index (χ0v) is 12.4. The van der Waals surface area contributed by atoms with E-state index in [9.17, 15) is 9.18 Å². The number of rotatable bonds is 5. The zero-order valence-electron chi connectivity index (χ0n) is 11.6. The van der Waals surface area contributed by atoms with Crippen LogP contribution in [0, 0.1) is 12.7 Å². The number of amides is 1. The Bertz CT molecular complexity index is 629. The zero-order chi connectivity index (χ0) is 15.2. The molecule has 2 rings (SSSR count). The van der Waals surface area contributed by atoms with Gasteiger partial charge in [-0.25, -0.2) is 4.39 Å². The van der Waals surface area contributed by atoms with Gasteiger partial charge in [-0.05, 0) is 42.3 Å². The first kappa shape index (κ1) is 15.5. The van der Waals surface area contributed by atoms with Crippen molar-refractivity contribution in [1.29, 1.82) is 0 Å². The number of nitrogens with one attached hydrogen (secondary N) is 2. The van der Waals surface area contributed by atoms with E-state index in [1.165, 1.54) is 12.1 Å². The summed E-state index contributed by atoms with van der Waals surface area (Å²) in [7, 11) is 0. The molecule has 5 heteroatoms. The summed E-state index contributed by atoms with van der Waals surface area (Å²) in [6.45, 7) is 2.57. The van der Waals surface area contributed by atoms with E-state index in [1.807, 2.05) is 13.0 Å². The molecule has 0 aliphatic carbocycles. The molecule has 0 radical (unpaired) electrons. The van der Waals surface area contributed by atoms with Crippen LogP contribution in [-0.4, -0.2) is 12.5 Å². The fourth-order valence-electron chi connectivity index (χ4n) is 1.85. The van der Waals surface area contributed by atoms with Crippen molar-refractivity contribution in [3.63, 3.8) is 0 Å². The average molecular weight is 307 g/mol. The van der Waals surface area contributed by atoms with Crippen LogP contribution in [-0.2, 0) is 11.3 Å². The van der Waals surface area contributed by atoms with Gasteiger partial charge in [0.15, 0.2) is 0 Å². The molecule has 0 bridgehead atoms. The summed E-state index contributed by atoms with van der Waals surface area (Å²) in [4.78, 5) is 11.8. The third kappa shape index (κ3) is 4.85. The van der Waals surface area contributed by atoms with E-state index in [0.717, 1.165) is 11.1 Å². The van der Waals surface area contributed by atoms with E-state index in [-0.39, 0.29) is 18.3 Å². The molecule has 0 spiro atoms. The number of benzene rings is 2. The van der Waals surface area contributed by atoms with Crippen LogP contribution in [0.25, 0.3) is 0 Å². The molecule has 0 atom stereocenters. The van der Waals surface area contributed by atoms with Gasteiger partial charge in [-0.1, -0.05) is 29.8 Å². The van der Waals surface area contributed by atoms with Crippen LogP contribution in [0.15, 0.2) is 42.5 Å². The highest BCUT2D eigenvalue weighted by Gasteiger charge is 2.05. The van der Waals surface area contributed by atoms with Gasteiger partial charge < -0.3 is 10.6 Å². The predicted octanol–water partition coefficient (Wildman–Crippen LogP) is 3.52. The Morgan fingerprint density at radius 1 is 1.19 bits per heavy atom. The lowest BCUT2D eigenvalue weighted by molar-refractivity contribution is -0.115. The molecule has 0 fully saturated rings. The smallest absolute Gasteiger partial charge is 0.238 e. The third-order valence-corrected chi connectivity index (χ3v) is 3.24. The van der Waals surface area contributed by atoms with Crippen molar-refractivity contribution in [3.05, 3.63) is 64.4 Å². The minimum Gasteiger partial charge on any atom is -0.325 e. The van der Waals surface area contributed by atoms with Gasteiger partial charge in [-0.3, -0.25) is 4.79 Å². The minimum atomic E-state index is -0.270. The van der Waals surface area contributed by atoms with E-state index < -0.39 is 0 Å². The van der Waals surface area contributed by atoms with Crippen molar-refractivity contribution in [2.75, 3.05) is 11.9 Å². The number of hydrogen-bond donors (Lipinski definition) is 2. The maximum absolute atomic E-state index is 12.8. The molecule has 2 aromatic carbocycles. The maximum atomic E-state index is 12.8. The Morgan fingerprint density at radius 3 is 2.62 bits per heavy atom. The van der Waals surface area contributed by atoms with Gasteiger partial charge in [0.1, 0.15) is 5.82 Å². The van der Waals surface area contributed by atoms with Gasteiger partial charge in [0.25, 0.3) is 0 Å². The van der Waals surface area contributed by atoms with E-state index in [2.05, 4.69) is 10.6 Å². The Balaban J connectivity index is 1.82. The first-order chi connectivity index (χ1) is 10.0. The van der Waals surface area contributed by atoms with Crippen LogP contribution in [0.2, 0.25) is 5.02 Å². The summed E-state index contributed by atoms with van der Waals surface area (Å²) < 4.78 is 12.8. The summed E-state index contributed by atoms with van der Waals surface area (Å²) in [5.41, 5.74) is 2.57. The molecule has 21 heavy (non-hydrogen) atoms. The quantitative estimate of drug-likeness (QED) is 0.887. The highest BCUT2D eigenvalue weighted by molar-refractivity contribution is 6.31. The van der Waals surface area contributed by atoms with E-state index in [4.69, 9.17) is 11.6 Å². The molecule has 2 aromatic rings. The second kappa shape index (κ2) is 7.20. The van der Waals surface area contributed by atoms with Gasteiger partial charge in [0.05, 0.1) is 6.54 Å². The molecule has 0 aromatic heterocycles. The summed E-state index contributed by atoms with van der Waals surface area (Å²) in [5.74, 6) is -0.421. The lowest BCUT2D eigenvalue weighted by Gasteiger charge is -2.09. The van der Waals surface area contributed by atoms with Gasteiger partial charge in [0.2, 0.25) is 5.91 Å². The molecule has 0 unspecified atom stereocenters. The SMILES string of the molecule is Cc1ccc(Cl)cc1NC(=O)CNCc1ccc(F)cc1. The summed E-state index contributed by atoms with van der Waals surface area (Å²) in [6.07, 6.45) is 0. The van der Waals surface area contributed by atoms with Crippen molar-refractivity contribution >= 4 is 23.2 Å². The lowest BCUT2D eigenvalue weighted by atomic mass is 10.2. The van der Waals surface area contributed by atoms with Gasteiger partial charge in [-0.15, -0.1) is 0 Å². The van der Waals surface area contributed by atoms with Crippen molar-refractivity contribution in [2.24, 2.45) is 0 Å². The summed E-state index contributed by atoms with van der Waals surface area (Å²) in [5, 5.41) is 6.39. The molecule has 0 saturated heterocycles. The average Bonchev–Trinajstić information content (AvgIpc) is 2.45. The van der Waals surface area contributed by atoms with Crippen molar-refractivity contribution < 1.29 is 9.18 Å². The van der Waals surface area contributed by atoms with Crippen molar-refractivity contribution in [2.45, 2.75) is 13.5 Å². The second-order valence-electron chi connectivity index (χ2n) is 4.74. The Labute approximate surface area is 128 Å². The molecule has 0 aliphatic heterocycles. The molecular weight excluding hydrogens is 291 g/mol. The first-order valence-electron chi connectivity index (χ1n) is 6.56. The van der Waals surface area contributed by atoms with Crippen LogP contribution < -0.4 is 10.6 Å². The van der Waals surface area contributed by atoms with Gasteiger partial charge in [-0.2, -0.15) is 0 Å². The fourth-order valence-corrected chi connectivity index (χ4v) is 2.02. The summed E-state index contributed by atoms with van der Waals surface area (Å²) >= 11 is 5.90. The number of aryl methyl sites for hydroxylation is 1. The predicted molar refractivity (Wildman–Crippen MR) is 82.9 cm³/mol. The van der Waals surface area contributed by atoms with Crippen molar-refractivity contribution in [3.8, 4) is 0 Å². The Morgan fingerprint density at radius 2 is 1.90 bits per heavy atom.